The molecule has 0 N–H and O–H groups in total. The number of anilines is 1. The number of rotatable bonds is 5. The molecule has 0 spiro atoms. The van der Waals surface area contributed by atoms with Crippen molar-refractivity contribution in [2.24, 2.45) is 0 Å². The number of aromatic nitrogens is 1. The second kappa shape index (κ2) is 6.21. The maximum absolute atomic E-state index is 4.44. The molecule has 0 fully saturated rings. The number of pyridine rings is 1. The van der Waals surface area contributed by atoms with Gasteiger partial charge in [-0.2, -0.15) is 0 Å². The fraction of sp³-hybridized carbons (Fsp3) is 0.583. The van der Waals surface area contributed by atoms with E-state index in [1.54, 1.807) is 0 Å². The summed E-state index contributed by atoms with van der Waals surface area (Å²) >= 11 is 3.43. The van der Waals surface area contributed by atoms with Crippen LogP contribution < -0.4 is 4.90 Å². The number of hydrogen-bond donors (Lipinski definition) is 0. The minimum atomic E-state index is 1.04. The Balaban J connectivity index is 2.55. The van der Waals surface area contributed by atoms with Gasteiger partial charge in [0.1, 0.15) is 5.82 Å². The monoisotopic (exact) mass is 285 g/mol. The van der Waals surface area contributed by atoms with Crippen LogP contribution >= 0.6 is 15.9 Å². The number of aryl methyl sites for hydroxylation is 1. The van der Waals surface area contributed by atoms with Gasteiger partial charge in [0.05, 0.1) is 0 Å². The van der Waals surface area contributed by atoms with Crippen LogP contribution in [0.5, 0.6) is 0 Å². The summed E-state index contributed by atoms with van der Waals surface area (Å²) in [5.41, 5.74) is 1.21. The zero-order valence-electron chi connectivity index (χ0n) is 10.5. The van der Waals surface area contributed by atoms with Crippen LogP contribution in [0.4, 0.5) is 5.82 Å². The van der Waals surface area contributed by atoms with Gasteiger partial charge >= 0.3 is 0 Å². The molecular formula is C12H20BrN3. The summed E-state index contributed by atoms with van der Waals surface area (Å²) in [4.78, 5) is 8.86. The third-order valence-electron chi connectivity index (χ3n) is 2.48. The summed E-state index contributed by atoms with van der Waals surface area (Å²) in [5.74, 6) is 1.07. The van der Waals surface area contributed by atoms with Gasteiger partial charge in [-0.15, -0.1) is 0 Å². The van der Waals surface area contributed by atoms with Gasteiger partial charge < -0.3 is 9.80 Å². The highest BCUT2D eigenvalue weighted by Crippen LogP contribution is 2.19. The maximum atomic E-state index is 4.44. The van der Waals surface area contributed by atoms with Crippen LogP contribution in [0.1, 0.15) is 12.0 Å². The van der Waals surface area contributed by atoms with E-state index in [0.29, 0.717) is 0 Å². The van der Waals surface area contributed by atoms with E-state index in [4.69, 9.17) is 0 Å². The molecule has 90 valence electrons. The first-order valence-corrected chi connectivity index (χ1v) is 6.28. The van der Waals surface area contributed by atoms with Crippen LogP contribution in [0.3, 0.4) is 0 Å². The smallest absolute Gasteiger partial charge is 0.131 e. The summed E-state index contributed by atoms with van der Waals surface area (Å²) in [7, 11) is 6.30. The van der Waals surface area contributed by atoms with Crippen molar-refractivity contribution in [3.8, 4) is 0 Å². The van der Waals surface area contributed by atoms with Gasteiger partial charge in [0.25, 0.3) is 0 Å². The van der Waals surface area contributed by atoms with Gasteiger partial charge in [0, 0.05) is 24.3 Å². The fourth-order valence-electron chi connectivity index (χ4n) is 1.66. The predicted molar refractivity (Wildman–Crippen MR) is 73.1 cm³/mol. The average Bonchev–Trinajstić information content (AvgIpc) is 2.16. The van der Waals surface area contributed by atoms with E-state index in [0.717, 1.165) is 29.8 Å². The Morgan fingerprint density at radius 3 is 2.50 bits per heavy atom. The highest BCUT2D eigenvalue weighted by molar-refractivity contribution is 9.10. The largest absolute Gasteiger partial charge is 0.359 e. The quantitative estimate of drug-likeness (QED) is 0.829. The van der Waals surface area contributed by atoms with Gasteiger partial charge in [-0.3, -0.25) is 0 Å². The summed E-state index contributed by atoms with van der Waals surface area (Å²) in [5, 5.41) is 0. The zero-order valence-corrected chi connectivity index (χ0v) is 12.1. The van der Waals surface area contributed by atoms with Crippen molar-refractivity contribution in [3.05, 3.63) is 22.3 Å². The third kappa shape index (κ3) is 4.10. The maximum Gasteiger partial charge on any atom is 0.131 e. The summed E-state index contributed by atoms with van der Waals surface area (Å²) in [6, 6.07) is 2.10. The Bertz CT molecular complexity index is 339. The molecule has 16 heavy (non-hydrogen) atoms. The van der Waals surface area contributed by atoms with E-state index >= 15 is 0 Å². The molecule has 4 heteroatoms. The van der Waals surface area contributed by atoms with Crippen LogP contribution in [0.2, 0.25) is 0 Å². The average molecular weight is 286 g/mol. The van der Waals surface area contributed by atoms with E-state index in [1.165, 1.54) is 5.56 Å². The van der Waals surface area contributed by atoms with E-state index in [1.807, 2.05) is 6.20 Å². The Labute approximate surface area is 107 Å². The molecule has 0 saturated carbocycles. The van der Waals surface area contributed by atoms with Crippen molar-refractivity contribution in [3.63, 3.8) is 0 Å². The van der Waals surface area contributed by atoms with E-state index in [2.05, 4.69) is 64.8 Å². The molecule has 1 aromatic heterocycles. The van der Waals surface area contributed by atoms with Crippen LogP contribution in [-0.2, 0) is 0 Å². The Hall–Kier alpha value is -0.610. The standard InChI is InChI=1S/C12H20BrN3/c1-10-8-11(13)9-14-12(10)16(4)7-5-6-15(2)3/h8-9H,5-7H2,1-4H3. The highest BCUT2D eigenvalue weighted by atomic mass is 79.9. The molecule has 0 unspecified atom stereocenters. The topological polar surface area (TPSA) is 19.4 Å². The molecule has 0 saturated heterocycles. The normalized spacial score (nSPS) is 10.9. The number of nitrogens with zero attached hydrogens (tertiary/aromatic N) is 3. The highest BCUT2D eigenvalue weighted by Gasteiger charge is 2.06. The van der Waals surface area contributed by atoms with Gasteiger partial charge in [0.2, 0.25) is 0 Å². The van der Waals surface area contributed by atoms with Gasteiger partial charge in [-0.1, -0.05) is 0 Å². The van der Waals surface area contributed by atoms with Gasteiger partial charge in [-0.25, -0.2) is 4.98 Å². The Morgan fingerprint density at radius 2 is 1.94 bits per heavy atom. The van der Waals surface area contributed by atoms with Crippen LogP contribution in [0.25, 0.3) is 0 Å². The molecule has 0 atom stereocenters. The van der Waals surface area contributed by atoms with Crippen molar-refractivity contribution in [2.45, 2.75) is 13.3 Å². The van der Waals surface area contributed by atoms with E-state index in [9.17, 15) is 0 Å². The van der Waals surface area contributed by atoms with Gasteiger partial charge in [-0.05, 0) is 61.5 Å². The predicted octanol–water partition coefficient (Wildman–Crippen LogP) is 2.54. The first kappa shape index (κ1) is 13.5. The van der Waals surface area contributed by atoms with Crippen molar-refractivity contribution in [2.75, 3.05) is 39.1 Å². The first-order chi connectivity index (χ1) is 7.50. The minimum Gasteiger partial charge on any atom is -0.359 e. The van der Waals surface area contributed by atoms with Crippen molar-refractivity contribution in [1.82, 2.24) is 9.88 Å². The molecule has 0 aromatic carbocycles. The molecule has 0 aliphatic heterocycles. The van der Waals surface area contributed by atoms with E-state index in [-0.39, 0.29) is 0 Å². The lowest BCUT2D eigenvalue weighted by Crippen LogP contribution is -2.24. The van der Waals surface area contributed by atoms with Crippen LogP contribution in [-0.4, -0.2) is 44.1 Å². The number of hydrogen-bond acceptors (Lipinski definition) is 3. The molecule has 0 amide bonds. The zero-order chi connectivity index (χ0) is 12.1. The number of halogens is 1. The van der Waals surface area contributed by atoms with E-state index < -0.39 is 0 Å². The lowest BCUT2D eigenvalue weighted by atomic mass is 10.2. The summed E-state index contributed by atoms with van der Waals surface area (Å²) in [6.07, 6.45) is 3.01. The second-order valence-corrected chi connectivity index (χ2v) is 5.29. The summed E-state index contributed by atoms with van der Waals surface area (Å²) in [6.45, 7) is 4.24. The molecule has 1 rings (SSSR count). The third-order valence-corrected chi connectivity index (χ3v) is 2.91. The minimum absolute atomic E-state index is 1.04. The molecule has 0 radical (unpaired) electrons. The first-order valence-electron chi connectivity index (χ1n) is 5.48. The van der Waals surface area contributed by atoms with Crippen LogP contribution in [0, 0.1) is 6.92 Å². The molecular weight excluding hydrogens is 266 g/mol. The van der Waals surface area contributed by atoms with Crippen molar-refractivity contribution < 1.29 is 0 Å². The Morgan fingerprint density at radius 1 is 1.25 bits per heavy atom. The molecule has 1 aromatic rings. The van der Waals surface area contributed by atoms with Crippen molar-refractivity contribution >= 4 is 21.7 Å². The molecule has 3 nitrogen and oxygen atoms in total. The molecule has 0 bridgehead atoms. The Kier molecular flexibility index (Phi) is 5.22. The second-order valence-electron chi connectivity index (χ2n) is 4.37. The van der Waals surface area contributed by atoms with Crippen LogP contribution in [0.15, 0.2) is 16.7 Å². The lowest BCUT2D eigenvalue weighted by Gasteiger charge is -2.21. The SMILES string of the molecule is Cc1cc(Br)cnc1N(C)CCCN(C)C. The van der Waals surface area contributed by atoms with Gasteiger partial charge in [0.15, 0.2) is 0 Å². The molecule has 0 aliphatic carbocycles. The fourth-order valence-corrected chi connectivity index (χ4v) is 2.11. The molecule has 0 aliphatic rings. The summed E-state index contributed by atoms with van der Waals surface area (Å²) < 4.78 is 1.04. The lowest BCUT2D eigenvalue weighted by molar-refractivity contribution is 0.401. The van der Waals surface area contributed by atoms with Crippen molar-refractivity contribution in [1.29, 1.82) is 0 Å². The molecule has 1 heterocycles.